The zero-order chi connectivity index (χ0) is 26.7. The summed E-state index contributed by atoms with van der Waals surface area (Å²) in [6.07, 6.45) is 1.73. The maximum absolute atomic E-state index is 13.9. The molecule has 2 heterocycles. The lowest BCUT2D eigenvalue weighted by molar-refractivity contribution is -0.150. The van der Waals surface area contributed by atoms with E-state index in [1.807, 2.05) is 44.2 Å². The van der Waals surface area contributed by atoms with Crippen molar-refractivity contribution in [2.75, 3.05) is 19.6 Å². The van der Waals surface area contributed by atoms with Gasteiger partial charge in [0, 0.05) is 31.7 Å². The summed E-state index contributed by atoms with van der Waals surface area (Å²) in [4.78, 5) is 42.9. The van der Waals surface area contributed by atoms with Crippen molar-refractivity contribution < 1.29 is 28.4 Å². The smallest absolute Gasteiger partial charge is 0.254 e. The quantitative estimate of drug-likeness (QED) is 0.372. The van der Waals surface area contributed by atoms with Crippen LogP contribution >= 0.6 is 0 Å². The highest BCUT2D eigenvalue weighted by Crippen LogP contribution is 2.46. The van der Waals surface area contributed by atoms with Gasteiger partial charge in [-0.1, -0.05) is 44.2 Å². The van der Waals surface area contributed by atoms with Crippen LogP contribution in [0.15, 0.2) is 42.5 Å². The predicted octanol–water partition coefficient (Wildman–Crippen LogP) is 3.94. The third-order valence-electron chi connectivity index (χ3n) is 7.63. The summed E-state index contributed by atoms with van der Waals surface area (Å²) in [6.45, 7) is 5.19. The van der Waals surface area contributed by atoms with E-state index < -0.39 is 34.8 Å². The van der Waals surface area contributed by atoms with E-state index in [-0.39, 0.29) is 36.9 Å². The highest BCUT2D eigenvalue weighted by molar-refractivity contribution is 5.98. The second kappa shape index (κ2) is 11.0. The van der Waals surface area contributed by atoms with Gasteiger partial charge in [-0.05, 0) is 54.9 Å². The van der Waals surface area contributed by atoms with E-state index in [1.54, 1.807) is 10.4 Å². The monoisotopic (exact) mass is 513 g/mol. The van der Waals surface area contributed by atoms with Gasteiger partial charge in [0.25, 0.3) is 5.91 Å². The number of nitrogens with one attached hydrogen (secondary N) is 1. The molecule has 1 fully saturated rings. The molecule has 2 N–H and O–H groups in total. The van der Waals surface area contributed by atoms with Crippen LogP contribution in [0.5, 0.6) is 0 Å². The molecule has 7 nitrogen and oxygen atoms in total. The molecule has 2 unspecified atom stereocenters. The molecule has 2 aliphatic rings. The Morgan fingerprint density at radius 2 is 1.78 bits per heavy atom. The molecule has 0 bridgehead atoms. The molecule has 1 saturated heterocycles. The van der Waals surface area contributed by atoms with Crippen LogP contribution in [-0.2, 0) is 22.6 Å². The van der Waals surface area contributed by atoms with Gasteiger partial charge in [0.1, 0.15) is 0 Å². The van der Waals surface area contributed by atoms with Crippen LogP contribution in [-0.4, -0.2) is 52.4 Å². The second-order valence-electron chi connectivity index (χ2n) is 10.5. The molecule has 0 radical (unpaired) electrons. The van der Waals surface area contributed by atoms with Crippen molar-refractivity contribution in [1.29, 1.82) is 0 Å². The highest BCUT2D eigenvalue weighted by Gasteiger charge is 2.54. The zero-order valence-electron chi connectivity index (χ0n) is 21.2. The number of fused-ring (bicyclic) bond motifs is 1. The number of nitrogens with zero attached hydrogens (tertiary/aromatic N) is 2. The Balaban J connectivity index is 1.53. The number of halogens is 2. The molecule has 2 aromatic rings. The first-order chi connectivity index (χ1) is 17.7. The first-order valence-corrected chi connectivity index (χ1v) is 12.7. The fourth-order valence-electron chi connectivity index (χ4n) is 5.93. The number of benzene rings is 2. The lowest BCUT2D eigenvalue weighted by Crippen LogP contribution is -2.48. The van der Waals surface area contributed by atoms with Crippen molar-refractivity contribution in [1.82, 2.24) is 15.3 Å². The van der Waals surface area contributed by atoms with Gasteiger partial charge in [0.15, 0.2) is 11.6 Å². The molecular weight excluding hydrogens is 480 g/mol. The van der Waals surface area contributed by atoms with E-state index in [2.05, 4.69) is 0 Å². The van der Waals surface area contributed by atoms with Crippen LogP contribution in [0.4, 0.5) is 8.78 Å². The Labute approximate surface area is 215 Å². The lowest BCUT2D eigenvalue weighted by atomic mass is 9.67. The minimum Gasteiger partial charge on any atom is -0.342 e. The van der Waals surface area contributed by atoms with E-state index in [0.29, 0.717) is 37.9 Å². The largest absolute Gasteiger partial charge is 0.342 e. The van der Waals surface area contributed by atoms with E-state index >= 15 is 0 Å². The Morgan fingerprint density at radius 1 is 1.08 bits per heavy atom. The number of hydrogen-bond acceptors (Lipinski definition) is 4. The van der Waals surface area contributed by atoms with Gasteiger partial charge < -0.3 is 9.80 Å². The molecule has 2 atom stereocenters. The Morgan fingerprint density at radius 3 is 2.46 bits per heavy atom. The summed E-state index contributed by atoms with van der Waals surface area (Å²) in [5.74, 6) is -4.11. The molecule has 198 valence electrons. The van der Waals surface area contributed by atoms with E-state index in [0.717, 1.165) is 17.7 Å². The van der Waals surface area contributed by atoms with Gasteiger partial charge in [0.05, 0.1) is 11.3 Å². The molecule has 9 heteroatoms. The van der Waals surface area contributed by atoms with Crippen LogP contribution in [0.25, 0.3) is 0 Å². The van der Waals surface area contributed by atoms with Crippen molar-refractivity contribution in [2.45, 2.75) is 46.1 Å². The minimum absolute atomic E-state index is 0.0904. The van der Waals surface area contributed by atoms with Gasteiger partial charge >= 0.3 is 0 Å². The summed E-state index contributed by atoms with van der Waals surface area (Å²) in [6, 6.07) is 11.8. The van der Waals surface area contributed by atoms with Crippen LogP contribution in [0.1, 0.15) is 54.6 Å². The summed E-state index contributed by atoms with van der Waals surface area (Å²) >= 11 is 0. The van der Waals surface area contributed by atoms with Gasteiger partial charge in [0.2, 0.25) is 11.8 Å². The summed E-state index contributed by atoms with van der Waals surface area (Å²) in [7, 11) is 0. The first-order valence-electron chi connectivity index (χ1n) is 12.7. The SMILES string of the molecule is CC(C)CC1(C(CCN2Cc3cc(F)c(F)cc3C2=O)C(=O)NO)CCN(CCc2ccccc2)C1=O. The zero-order valence-corrected chi connectivity index (χ0v) is 21.2. The highest BCUT2D eigenvalue weighted by atomic mass is 19.2. The van der Waals surface area contributed by atoms with Crippen molar-refractivity contribution in [2.24, 2.45) is 17.3 Å². The van der Waals surface area contributed by atoms with Gasteiger partial charge in [-0.15, -0.1) is 0 Å². The lowest BCUT2D eigenvalue weighted by Gasteiger charge is -2.37. The number of carbonyl (C=O) groups is 3. The van der Waals surface area contributed by atoms with Crippen molar-refractivity contribution in [3.63, 3.8) is 0 Å². The number of hydrogen-bond donors (Lipinski definition) is 2. The van der Waals surface area contributed by atoms with Crippen LogP contribution in [0, 0.1) is 28.9 Å². The molecule has 4 rings (SSSR count). The van der Waals surface area contributed by atoms with Crippen LogP contribution in [0.2, 0.25) is 0 Å². The molecule has 37 heavy (non-hydrogen) atoms. The third-order valence-corrected chi connectivity index (χ3v) is 7.63. The topological polar surface area (TPSA) is 89.9 Å². The minimum atomic E-state index is -1.09. The molecule has 0 aromatic heterocycles. The molecule has 0 saturated carbocycles. The number of likely N-dealkylation sites (tertiary alicyclic amines) is 1. The molecule has 2 aromatic carbocycles. The molecular formula is C28H33F2N3O4. The number of amides is 3. The first kappa shape index (κ1) is 26.7. The van der Waals surface area contributed by atoms with Crippen molar-refractivity contribution in [3.8, 4) is 0 Å². The summed E-state index contributed by atoms with van der Waals surface area (Å²) < 4.78 is 27.4. The predicted molar refractivity (Wildman–Crippen MR) is 132 cm³/mol. The third kappa shape index (κ3) is 5.37. The summed E-state index contributed by atoms with van der Waals surface area (Å²) in [5.41, 5.74) is 2.31. The van der Waals surface area contributed by atoms with Crippen molar-refractivity contribution >= 4 is 17.7 Å². The Kier molecular flexibility index (Phi) is 7.92. The van der Waals surface area contributed by atoms with Crippen LogP contribution < -0.4 is 5.48 Å². The average molecular weight is 514 g/mol. The Hall–Kier alpha value is -3.33. The Bertz CT molecular complexity index is 1170. The van der Waals surface area contributed by atoms with E-state index in [9.17, 15) is 28.4 Å². The second-order valence-corrected chi connectivity index (χ2v) is 10.5. The van der Waals surface area contributed by atoms with Gasteiger partial charge in [-0.25, -0.2) is 14.3 Å². The molecule has 0 aliphatic carbocycles. The standard InChI is InChI=1S/C28H33F2N3O4/c1-18(2)16-28(10-13-32(27(28)36)11-8-19-6-4-3-5-7-19)22(25(34)31-37)9-12-33-17-20-14-23(29)24(30)15-21(20)26(33)35/h3-7,14-15,18,22,37H,8-13,16-17H2,1-2H3,(H,31,34). The van der Waals surface area contributed by atoms with Crippen molar-refractivity contribution in [3.05, 3.63) is 70.8 Å². The maximum Gasteiger partial charge on any atom is 0.254 e. The number of carbonyl (C=O) groups excluding carboxylic acids is 3. The fourth-order valence-corrected chi connectivity index (χ4v) is 5.93. The van der Waals surface area contributed by atoms with Crippen LogP contribution in [0.3, 0.4) is 0 Å². The fraction of sp³-hybridized carbons (Fsp3) is 0.464. The number of hydroxylamine groups is 1. The number of rotatable bonds is 10. The molecule has 3 amide bonds. The molecule has 2 aliphatic heterocycles. The normalized spacial score (nSPS) is 20.1. The van der Waals surface area contributed by atoms with Gasteiger partial charge in [-0.3, -0.25) is 19.6 Å². The van der Waals surface area contributed by atoms with E-state index in [1.165, 1.54) is 4.90 Å². The maximum atomic E-state index is 13.9. The average Bonchev–Trinajstić information content (AvgIpc) is 3.34. The van der Waals surface area contributed by atoms with E-state index in [4.69, 9.17) is 0 Å². The summed E-state index contributed by atoms with van der Waals surface area (Å²) in [5, 5.41) is 9.58. The van der Waals surface area contributed by atoms with Gasteiger partial charge in [-0.2, -0.15) is 0 Å². The molecule has 0 spiro atoms.